The molecule has 0 aliphatic heterocycles. The van der Waals surface area contributed by atoms with E-state index in [9.17, 15) is 0 Å². The molecular formula is C15H25NS. The van der Waals surface area contributed by atoms with E-state index in [1.807, 2.05) is 11.8 Å². The normalized spacial score (nSPS) is 12.8. The van der Waals surface area contributed by atoms with Crippen molar-refractivity contribution in [2.75, 3.05) is 11.1 Å². The molecule has 1 aromatic rings. The Kier molecular flexibility index (Phi) is 6.49. The predicted octanol–water partition coefficient (Wildman–Crippen LogP) is 5.04. The molecule has 0 bridgehead atoms. The number of hydrogen-bond acceptors (Lipinski definition) is 2. The Morgan fingerprint density at radius 2 is 1.82 bits per heavy atom. The fourth-order valence-electron chi connectivity index (χ4n) is 1.79. The maximum Gasteiger partial charge on any atom is 0.0480 e. The lowest BCUT2D eigenvalue weighted by molar-refractivity contribution is 0.527. The van der Waals surface area contributed by atoms with Gasteiger partial charge in [0.15, 0.2) is 0 Å². The molecule has 0 fully saturated rings. The van der Waals surface area contributed by atoms with Crippen molar-refractivity contribution in [2.24, 2.45) is 5.92 Å². The molecule has 0 saturated heterocycles. The standard InChI is InChI=1S/C15H25NS/c1-5-17-15-9-7-6-8-14(15)16-13(4)11-10-12(2)3/h6-9,12-13,16H,5,10-11H2,1-4H3. The molecule has 96 valence electrons. The summed E-state index contributed by atoms with van der Waals surface area (Å²) >= 11 is 1.91. The molecule has 1 N–H and O–H groups in total. The first-order chi connectivity index (χ1) is 8.13. The molecule has 2 heteroatoms. The van der Waals surface area contributed by atoms with Crippen LogP contribution in [-0.4, -0.2) is 11.8 Å². The SMILES string of the molecule is CCSc1ccccc1NC(C)CCC(C)C. The average molecular weight is 251 g/mol. The maximum atomic E-state index is 3.63. The Bertz CT molecular complexity index is 322. The van der Waals surface area contributed by atoms with E-state index in [4.69, 9.17) is 0 Å². The molecule has 1 nitrogen and oxygen atoms in total. The van der Waals surface area contributed by atoms with Gasteiger partial charge >= 0.3 is 0 Å². The van der Waals surface area contributed by atoms with Crippen LogP contribution >= 0.6 is 11.8 Å². The lowest BCUT2D eigenvalue weighted by Crippen LogP contribution is -2.16. The van der Waals surface area contributed by atoms with Crippen molar-refractivity contribution in [1.82, 2.24) is 0 Å². The van der Waals surface area contributed by atoms with Crippen molar-refractivity contribution >= 4 is 17.4 Å². The van der Waals surface area contributed by atoms with E-state index in [-0.39, 0.29) is 0 Å². The van der Waals surface area contributed by atoms with Gasteiger partial charge in [0.25, 0.3) is 0 Å². The minimum absolute atomic E-state index is 0.552. The van der Waals surface area contributed by atoms with Crippen molar-refractivity contribution in [2.45, 2.75) is 51.5 Å². The molecule has 0 spiro atoms. The van der Waals surface area contributed by atoms with E-state index in [2.05, 4.69) is 57.3 Å². The summed E-state index contributed by atoms with van der Waals surface area (Å²) in [4.78, 5) is 1.37. The summed E-state index contributed by atoms with van der Waals surface area (Å²) in [5.41, 5.74) is 1.29. The molecule has 1 rings (SSSR count). The van der Waals surface area contributed by atoms with Gasteiger partial charge in [-0.25, -0.2) is 0 Å². The van der Waals surface area contributed by atoms with E-state index in [1.54, 1.807) is 0 Å². The monoisotopic (exact) mass is 251 g/mol. The number of hydrogen-bond donors (Lipinski definition) is 1. The molecule has 0 aromatic heterocycles. The van der Waals surface area contributed by atoms with E-state index in [0.717, 1.165) is 11.7 Å². The first-order valence-electron chi connectivity index (χ1n) is 6.61. The van der Waals surface area contributed by atoms with E-state index >= 15 is 0 Å². The molecule has 17 heavy (non-hydrogen) atoms. The van der Waals surface area contributed by atoms with Crippen LogP contribution in [0.15, 0.2) is 29.2 Å². The second kappa shape index (κ2) is 7.65. The summed E-state index contributed by atoms with van der Waals surface area (Å²) < 4.78 is 0. The minimum atomic E-state index is 0.552. The number of thioether (sulfide) groups is 1. The lowest BCUT2D eigenvalue weighted by Gasteiger charge is -2.18. The molecular weight excluding hydrogens is 226 g/mol. The Morgan fingerprint density at radius 3 is 2.47 bits per heavy atom. The van der Waals surface area contributed by atoms with Gasteiger partial charge in [-0.1, -0.05) is 32.9 Å². The highest BCUT2D eigenvalue weighted by Crippen LogP contribution is 2.27. The van der Waals surface area contributed by atoms with Gasteiger partial charge in [0, 0.05) is 16.6 Å². The second-order valence-corrected chi connectivity index (χ2v) is 6.25. The van der Waals surface area contributed by atoms with Gasteiger partial charge in [0.2, 0.25) is 0 Å². The third-order valence-corrected chi connectivity index (χ3v) is 3.72. The van der Waals surface area contributed by atoms with Crippen LogP contribution in [0.1, 0.15) is 40.5 Å². The highest BCUT2D eigenvalue weighted by molar-refractivity contribution is 7.99. The topological polar surface area (TPSA) is 12.0 Å². The summed E-state index contributed by atoms with van der Waals surface area (Å²) in [7, 11) is 0. The van der Waals surface area contributed by atoms with E-state index in [1.165, 1.54) is 23.4 Å². The zero-order chi connectivity index (χ0) is 12.7. The van der Waals surface area contributed by atoms with Crippen molar-refractivity contribution in [1.29, 1.82) is 0 Å². The third-order valence-electron chi connectivity index (χ3n) is 2.77. The third kappa shape index (κ3) is 5.49. The summed E-state index contributed by atoms with van der Waals surface area (Å²) in [5.74, 6) is 1.92. The number of anilines is 1. The fourth-order valence-corrected chi connectivity index (χ4v) is 2.56. The second-order valence-electron chi connectivity index (χ2n) is 4.95. The molecule has 1 atom stereocenters. The van der Waals surface area contributed by atoms with Crippen LogP contribution in [0.25, 0.3) is 0 Å². The van der Waals surface area contributed by atoms with Crippen LogP contribution in [-0.2, 0) is 0 Å². The van der Waals surface area contributed by atoms with Gasteiger partial charge in [-0.2, -0.15) is 0 Å². The minimum Gasteiger partial charge on any atom is -0.382 e. The molecule has 0 heterocycles. The van der Waals surface area contributed by atoms with Crippen molar-refractivity contribution in [3.63, 3.8) is 0 Å². The molecule has 1 aromatic carbocycles. The molecule has 0 aliphatic rings. The Hall–Kier alpha value is -0.630. The van der Waals surface area contributed by atoms with Crippen LogP contribution in [0.5, 0.6) is 0 Å². The maximum absolute atomic E-state index is 3.63. The van der Waals surface area contributed by atoms with E-state index in [0.29, 0.717) is 6.04 Å². The van der Waals surface area contributed by atoms with Gasteiger partial charge in [-0.15, -0.1) is 11.8 Å². The summed E-state index contributed by atoms with van der Waals surface area (Å²) in [5, 5.41) is 3.63. The van der Waals surface area contributed by atoms with Gasteiger partial charge < -0.3 is 5.32 Å². The highest BCUT2D eigenvalue weighted by Gasteiger charge is 2.06. The van der Waals surface area contributed by atoms with Gasteiger partial charge in [-0.3, -0.25) is 0 Å². The number of para-hydroxylation sites is 1. The van der Waals surface area contributed by atoms with Crippen molar-refractivity contribution in [3.05, 3.63) is 24.3 Å². The quantitative estimate of drug-likeness (QED) is 0.682. The smallest absolute Gasteiger partial charge is 0.0480 e. The summed E-state index contributed by atoms with van der Waals surface area (Å²) in [6.07, 6.45) is 2.53. The Balaban J connectivity index is 2.54. The first kappa shape index (κ1) is 14.4. The van der Waals surface area contributed by atoms with Crippen molar-refractivity contribution < 1.29 is 0 Å². The predicted molar refractivity (Wildman–Crippen MR) is 80.0 cm³/mol. The molecule has 0 aliphatic carbocycles. The molecule has 0 amide bonds. The fraction of sp³-hybridized carbons (Fsp3) is 0.600. The largest absolute Gasteiger partial charge is 0.382 e. The van der Waals surface area contributed by atoms with Crippen LogP contribution in [0.2, 0.25) is 0 Å². The molecule has 0 radical (unpaired) electrons. The van der Waals surface area contributed by atoms with Gasteiger partial charge in [-0.05, 0) is 43.6 Å². The average Bonchev–Trinajstić information content (AvgIpc) is 2.29. The summed E-state index contributed by atoms with van der Waals surface area (Å²) in [6.45, 7) is 9.04. The Morgan fingerprint density at radius 1 is 1.12 bits per heavy atom. The molecule has 1 unspecified atom stereocenters. The lowest BCUT2D eigenvalue weighted by atomic mass is 10.0. The van der Waals surface area contributed by atoms with Crippen LogP contribution in [0.4, 0.5) is 5.69 Å². The Labute approximate surface area is 110 Å². The zero-order valence-electron chi connectivity index (χ0n) is 11.5. The van der Waals surface area contributed by atoms with Crippen LogP contribution in [0, 0.1) is 5.92 Å². The summed E-state index contributed by atoms with van der Waals surface area (Å²) in [6, 6.07) is 9.16. The number of nitrogens with one attached hydrogen (secondary N) is 1. The number of rotatable bonds is 7. The highest BCUT2D eigenvalue weighted by atomic mass is 32.2. The number of benzene rings is 1. The van der Waals surface area contributed by atoms with Crippen LogP contribution in [0.3, 0.4) is 0 Å². The van der Waals surface area contributed by atoms with E-state index < -0.39 is 0 Å². The zero-order valence-corrected chi connectivity index (χ0v) is 12.3. The molecule has 0 saturated carbocycles. The van der Waals surface area contributed by atoms with Gasteiger partial charge in [0.1, 0.15) is 0 Å². The van der Waals surface area contributed by atoms with Gasteiger partial charge in [0.05, 0.1) is 0 Å². The van der Waals surface area contributed by atoms with Crippen molar-refractivity contribution in [3.8, 4) is 0 Å². The first-order valence-corrected chi connectivity index (χ1v) is 7.60. The van der Waals surface area contributed by atoms with Crippen LogP contribution < -0.4 is 5.32 Å².